The van der Waals surface area contributed by atoms with Crippen LogP contribution in [-0.2, 0) is 19.9 Å². The largest absolute Gasteiger partial charge is 0.360 e. The number of nitrogens with one attached hydrogen (secondary N) is 1. The number of carbonyl (C=O) groups is 3. The predicted molar refractivity (Wildman–Crippen MR) is 117 cm³/mol. The first-order valence-corrected chi connectivity index (χ1v) is 10.6. The molecule has 0 unspecified atom stereocenters. The Bertz CT molecular complexity index is 976. The van der Waals surface area contributed by atoms with Crippen molar-refractivity contribution in [2.45, 2.75) is 38.1 Å². The molecule has 8 nitrogen and oxygen atoms in total. The van der Waals surface area contributed by atoms with Gasteiger partial charge in [-0.15, -0.1) is 0 Å². The minimum atomic E-state index is -1.09. The monoisotopic (exact) mass is 446 g/mol. The van der Waals surface area contributed by atoms with Crippen molar-refractivity contribution in [3.8, 4) is 0 Å². The fourth-order valence-electron chi connectivity index (χ4n) is 4.09. The van der Waals surface area contributed by atoms with Crippen molar-refractivity contribution in [1.29, 1.82) is 0 Å². The van der Waals surface area contributed by atoms with Gasteiger partial charge in [-0.05, 0) is 39.3 Å². The lowest BCUT2D eigenvalue weighted by Crippen LogP contribution is -2.56. The fraction of sp³-hybridized carbons (Fsp3) is 0.455. The first kappa shape index (κ1) is 23.0. The number of amides is 2. The van der Waals surface area contributed by atoms with Crippen LogP contribution in [0.4, 0.5) is 5.82 Å². The molecule has 31 heavy (non-hydrogen) atoms. The van der Waals surface area contributed by atoms with E-state index in [1.807, 2.05) is 12.1 Å². The Hall–Kier alpha value is -2.71. The van der Waals surface area contributed by atoms with Crippen LogP contribution in [0.3, 0.4) is 0 Å². The van der Waals surface area contributed by atoms with Crippen molar-refractivity contribution < 1.29 is 18.9 Å². The fourth-order valence-corrected chi connectivity index (χ4v) is 4.38. The molecule has 1 aliphatic carbocycles. The van der Waals surface area contributed by atoms with Crippen molar-refractivity contribution in [1.82, 2.24) is 15.0 Å². The third-order valence-corrected chi connectivity index (χ3v) is 5.96. The predicted octanol–water partition coefficient (Wildman–Crippen LogP) is 3.00. The number of nitrogens with zero attached hydrogens (tertiary/aromatic N) is 3. The maximum Gasteiger partial charge on any atom is 0.239 e. The van der Waals surface area contributed by atoms with Crippen LogP contribution in [0, 0.1) is 6.92 Å². The van der Waals surface area contributed by atoms with Crippen LogP contribution in [-0.4, -0.2) is 59.7 Å². The van der Waals surface area contributed by atoms with Gasteiger partial charge in [0.25, 0.3) is 0 Å². The van der Waals surface area contributed by atoms with E-state index in [1.54, 1.807) is 44.1 Å². The summed E-state index contributed by atoms with van der Waals surface area (Å²) in [6.07, 6.45) is 2.55. The summed E-state index contributed by atoms with van der Waals surface area (Å²) in [6, 6.07) is 8.79. The highest BCUT2D eigenvalue weighted by molar-refractivity contribution is 6.31. The van der Waals surface area contributed by atoms with Gasteiger partial charge in [0, 0.05) is 30.1 Å². The summed E-state index contributed by atoms with van der Waals surface area (Å²) in [4.78, 5) is 41.6. The van der Waals surface area contributed by atoms with Crippen molar-refractivity contribution in [2.75, 3.05) is 32.5 Å². The van der Waals surface area contributed by atoms with Crippen molar-refractivity contribution >= 4 is 35.0 Å². The molecule has 9 heteroatoms. The van der Waals surface area contributed by atoms with E-state index in [4.69, 9.17) is 16.1 Å². The number of carbonyl (C=O) groups excluding carboxylic acids is 3. The summed E-state index contributed by atoms with van der Waals surface area (Å²) in [5.74, 6) is 0.320. The van der Waals surface area contributed by atoms with Crippen molar-refractivity contribution in [3.63, 3.8) is 0 Å². The molecule has 1 saturated carbocycles. The summed E-state index contributed by atoms with van der Waals surface area (Å²) < 4.78 is 4.92. The van der Waals surface area contributed by atoms with E-state index in [2.05, 4.69) is 10.5 Å². The molecule has 3 rings (SSSR count). The first-order chi connectivity index (χ1) is 14.7. The van der Waals surface area contributed by atoms with Crippen LogP contribution in [0.25, 0.3) is 0 Å². The van der Waals surface area contributed by atoms with Crippen LogP contribution in [0.5, 0.6) is 0 Å². The minimum Gasteiger partial charge on any atom is -0.360 e. The maximum atomic E-state index is 13.2. The van der Waals surface area contributed by atoms with Gasteiger partial charge in [0.15, 0.2) is 11.6 Å². The lowest BCUT2D eigenvalue weighted by molar-refractivity contribution is -0.148. The number of halogens is 1. The van der Waals surface area contributed by atoms with E-state index >= 15 is 0 Å². The molecule has 1 aliphatic rings. The van der Waals surface area contributed by atoms with E-state index in [9.17, 15) is 14.4 Å². The molecule has 0 spiro atoms. The van der Waals surface area contributed by atoms with Gasteiger partial charge in [0.1, 0.15) is 11.3 Å². The second-order valence-corrected chi connectivity index (χ2v) is 8.37. The van der Waals surface area contributed by atoms with Gasteiger partial charge in [0.2, 0.25) is 11.8 Å². The number of hydrogen-bond donors (Lipinski definition) is 1. The first-order valence-electron chi connectivity index (χ1n) is 10.2. The summed E-state index contributed by atoms with van der Waals surface area (Å²) in [7, 11) is 3.31. The minimum absolute atomic E-state index is 0.00972. The second-order valence-electron chi connectivity index (χ2n) is 7.97. The van der Waals surface area contributed by atoms with Crippen LogP contribution in [0.2, 0.25) is 5.02 Å². The SMILES string of the molecule is Cc1cc(NC(=O)CN(C)CC(=O)N(C)[C@@]2(c3ccccc3Cl)CCCCC2=O)no1. The number of hydrogen-bond acceptors (Lipinski definition) is 6. The summed E-state index contributed by atoms with van der Waals surface area (Å²) >= 11 is 6.45. The topological polar surface area (TPSA) is 95.8 Å². The van der Waals surface area contributed by atoms with E-state index in [0.717, 1.165) is 12.8 Å². The number of Topliss-reactive ketones (excluding diaryl/α,β-unsaturated/α-hetero) is 1. The van der Waals surface area contributed by atoms with Gasteiger partial charge in [0.05, 0.1) is 13.1 Å². The number of anilines is 1. The van der Waals surface area contributed by atoms with Gasteiger partial charge in [-0.25, -0.2) is 0 Å². The van der Waals surface area contributed by atoms with Gasteiger partial charge in [-0.3, -0.25) is 19.3 Å². The molecule has 1 atom stereocenters. The van der Waals surface area contributed by atoms with Gasteiger partial charge in [-0.2, -0.15) is 0 Å². The van der Waals surface area contributed by atoms with Gasteiger partial charge >= 0.3 is 0 Å². The van der Waals surface area contributed by atoms with Crippen LogP contribution in [0.15, 0.2) is 34.9 Å². The summed E-state index contributed by atoms with van der Waals surface area (Å²) in [6.45, 7) is 1.68. The third kappa shape index (κ3) is 4.97. The molecular weight excluding hydrogens is 420 g/mol. The molecule has 2 aromatic rings. The number of aromatic nitrogens is 1. The van der Waals surface area contributed by atoms with Crippen molar-refractivity contribution in [2.24, 2.45) is 0 Å². The highest BCUT2D eigenvalue weighted by Gasteiger charge is 2.47. The molecule has 0 aliphatic heterocycles. The molecule has 1 aromatic carbocycles. The Morgan fingerprint density at radius 2 is 1.97 bits per heavy atom. The summed E-state index contributed by atoms with van der Waals surface area (Å²) in [5.41, 5.74) is -0.436. The molecule has 166 valence electrons. The van der Waals surface area contributed by atoms with E-state index in [0.29, 0.717) is 35.0 Å². The maximum absolute atomic E-state index is 13.2. The molecule has 1 fully saturated rings. The Kier molecular flexibility index (Phi) is 7.12. The lowest BCUT2D eigenvalue weighted by atomic mass is 9.74. The second kappa shape index (κ2) is 9.62. The zero-order valence-corrected chi connectivity index (χ0v) is 18.7. The Morgan fingerprint density at radius 3 is 2.61 bits per heavy atom. The standard InChI is InChI=1S/C22H27ClN4O4/c1-15-12-19(25-31-15)24-20(29)13-26(2)14-21(30)27(3)22(11-7-6-10-18(22)28)16-8-4-5-9-17(16)23/h4-5,8-9,12H,6-7,10-11,13-14H2,1-3H3,(H,24,25,29)/t22-/m1/s1. The molecule has 1 N–H and O–H groups in total. The zero-order chi connectivity index (χ0) is 22.6. The molecular formula is C22H27ClN4O4. The molecule has 0 radical (unpaired) electrons. The van der Waals surface area contributed by atoms with Gasteiger partial charge < -0.3 is 14.7 Å². The highest BCUT2D eigenvalue weighted by atomic mass is 35.5. The van der Waals surface area contributed by atoms with Crippen molar-refractivity contribution in [3.05, 3.63) is 46.7 Å². The number of benzene rings is 1. The van der Waals surface area contributed by atoms with Crippen LogP contribution < -0.4 is 5.32 Å². The zero-order valence-electron chi connectivity index (χ0n) is 18.0. The quantitative estimate of drug-likeness (QED) is 0.702. The molecule has 1 heterocycles. The smallest absolute Gasteiger partial charge is 0.239 e. The number of likely N-dealkylation sites (N-methyl/N-ethyl adjacent to an activating group) is 2. The average molecular weight is 447 g/mol. The third-order valence-electron chi connectivity index (χ3n) is 5.63. The summed E-state index contributed by atoms with van der Waals surface area (Å²) in [5, 5.41) is 6.81. The van der Waals surface area contributed by atoms with Crippen LogP contribution in [0.1, 0.15) is 37.0 Å². The molecule has 2 amide bonds. The number of aryl methyl sites for hydroxylation is 1. The molecule has 0 saturated heterocycles. The lowest BCUT2D eigenvalue weighted by Gasteiger charge is -2.44. The highest BCUT2D eigenvalue weighted by Crippen LogP contribution is 2.42. The number of rotatable bonds is 7. The Balaban J connectivity index is 1.72. The van der Waals surface area contributed by atoms with Gasteiger partial charge in [-0.1, -0.05) is 35.0 Å². The molecule has 0 bridgehead atoms. The van der Waals surface area contributed by atoms with E-state index in [1.165, 1.54) is 4.90 Å². The number of ketones is 1. The van der Waals surface area contributed by atoms with E-state index in [-0.39, 0.29) is 30.7 Å². The van der Waals surface area contributed by atoms with Crippen LogP contribution >= 0.6 is 11.6 Å². The average Bonchev–Trinajstić information content (AvgIpc) is 3.12. The normalized spacial score (nSPS) is 18.8. The Labute approximate surface area is 186 Å². The van der Waals surface area contributed by atoms with E-state index < -0.39 is 5.54 Å². The Morgan fingerprint density at radius 1 is 1.23 bits per heavy atom. The molecule has 1 aromatic heterocycles.